The molecule has 120 valence electrons. The first-order chi connectivity index (χ1) is 11.6. The first kappa shape index (κ1) is 14.0. The smallest absolute Gasteiger partial charge is 0.350 e. The molecular formula is C19H14O4S. The number of furan rings is 2. The molecule has 5 heteroatoms. The Morgan fingerprint density at radius 1 is 1.12 bits per heavy atom. The van der Waals surface area contributed by atoms with Crippen LogP contribution in [0.15, 0.2) is 53.5 Å². The van der Waals surface area contributed by atoms with Gasteiger partial charge in [0.2, 0.25) is 0 Å². The van der Waals surface area contributed by atoms with Crippen molar-refractivity contribution in [2.45, 2.75) is 30.4 Å². The van der Waals surface area contributed by atoms with E-state index in [4.69, 9.17) is 13.3 Å². The van der Waals surface area contributed by atoms with E-state index in [1.54, 1.807) is 6.26 Å². The Balaban J connectivity index is 1.78. The Morgan fingerprint density at radius 2 is 1.96 bits per heavy atom. The highest BCUT2D eigenvalue weighted by atomic mass is 32.2. The number of benzene rings is 1. The van der Waals surface area contributed by atoms with E-state index in [2.05, 4.69) is 6.07 Å². The van der Waals surface area contributed by atoms with Gasteiger partial charge in [-0.15, -0.1) is 11.8 Å². The van der Waals surface area contributed by atoms with Gasteiger partial charge in [-0.05, 0) is 49.6 Å². The van der Waals surface area contributed by atoms with Crippen LogP contribution in [0, 0.1) is 13.8 Å². The van der Waals surface area contributed by atoms with Gasteiger partial charge in [0.05, 0.1) is 16.4 Å². The van der Waals surface area contributed by atoms with Gasteiger partial charge in [-0.25, -0.2) is 4.79 Å². The van der Waals surface area contributed by atoms with Crippen LogP contribution in [-0.4, -0.2) is 0 Å². The molecule has 0 radical (unpaired) electrons. The van der Waals surface area contributed by atoms with Crippen molar-refractivity contribution < 1.29 is 13.3 Å². The Hall–Kier alpha value is -2.40. The van der Waals surface area contributed by atoms with Gasteiger partial charge in [-0.2, -0.15) is 0 Å². The van der Waals surface area contributed by atoms with Crippen LogP contribution >= 0.6 is 11.8 Å². The number of hydrogen-bond acceptors (Lipinski definition) is 5. The van der Waals surface area contributed by atoms with Crippen molar-refractivity contribution in [3.63, 3.8) is 0 Å². The first-order valence-electron chi connectivity index (χ1n) is 7.81. The standard InChI is InChI=1S/C19H14O4S/c1-9-10(2)22-15-8-16-12(6-11(9)15)13-7-17(14-4-3-5-21-14)24-18(13)19(20)23-16/h3-6,8,17H,7H2,1-2H3. The summed E-state index contributed by atoms with van der Waals surface area (Å²) in [6, 6.07) is 7.75. The molecule has 0 saturated heterocycles. The maximum atomic E-state index is 12.4. The summed E-state index contributed by atoms with van der Waals surface area (Å²) in [4.78, 5) is 13.1. The summed E-state index contributed by atoms with van der Waals surface area (Å²) in [5.74, 6) is 1.78. The lowest BCUT2D eigenvalue weighted by Crippen LogP contribution is -2.02. The Kier molecular flexibility index (Phi) is 2.80. The Labute approximate surface area is 141 Å². The molecule has 0 saturated carbocycles. The molecule has 1 aliphatic heterocycles. The predicted molar refractivity (Wildman–Crippen MR) is 92.7 cm³/mol. The predicted octanol–water partition coefficient (Wildman–Crippen LogP) is 5.14. The lowest BCUT2D eigenvalue weighted by Gasteiger charge is -2.04. The fourth-order valence-electron chi connectivity index (χ4n) is 3.41. The molecule has 0 N–H and O–H groups in total. The molecule has 4 aromatic rings. The van der Waals surface area contributed by atoms with Crippen molar-refractivity contribution in [3.8, 4) is 0 Å². The molecule has 5 rings (SSSR count). The molecule has 4 heterocycles. The molecule has 1 unspecified atom stereocenters. The largest absolute Gasteiger partial charge is 0.468 e. The maximum Gasteiger partial charge on any atom is 0.350 e. The summed E-state index contributed by atoms with van der Waals surface area (Å²) in [7, 11) is 0. The third-order valence-electron chi connectivity index (χ3n) is 4.77. The van der Waals surface area contributed by atoms with Gasteiger partial charge in [-0.1, -0.05) is 0 Å². The van der Waals surface area contributed by atoms with E-state index in [0.717, 1.165) is 45.4 Å². The maximum absolute atomic E-state index is 12.4. The van der Waals surface area contributed by atoms with Crippen LogP contribution in [0.4, 0.5) is 0 Å². The highest BCUT2D eigenvalue weighted by molar-refractivity contribution is 7.99. The number of fused-ring (bicyclic) bond motifs is 4. The van der Waals surface area contributed by atoms with Crippen molar-refractivity contribution in [2.24, 2.45) is 0 Å². The average Bonchev–Trinajstić information content (AvgIpc) is 3.27. The molecule has 0 bridgehead atoms. The van der Waals surface area contributed by atoms with Crippen molar-refractivity contribution >= 4 is 33.7 Å². The third-order valence-corrected chi connectivity index (χ3v) is 6.11. The summed E-state index contributed by atoms with van der Waals surface area (Å²) in [6.45, 7) is 4.00. The number of hydrogen-bond donors (Lipinski definition) is 0. The molecule has 1 aromatic carbocycles. The summed E-state index contributed by atoms with van der Waals surface area (Å²) in [6.07, 6.45) is 2.43. The molecular weight excluding hydrogens is 324 g/mol. The second-order valence-electron chi connectivity index (χ2n) is 6.15. The van der Waals surface area contributed by atoms with E-state index in [9.17, 15) is 4.79 Å². The lowest BCUT2D eigenvalue weighted by atomic mass is 10.0. The van der Waals surface area contributed by atoms with Crippen LogP contribution in [0.25, 0.3) is 21.9 Å². The number of aryl methyl sites for hydroxylation is 2. The molecule has 1 aliphatic rings. The lowest BCUT2D eigenvalue weighted by molar-refractivity contribution is 0.506. The minimum atomic E-state index is -0.282. The van der Waals surface area contributed by atoms with Crippen molar-refractivity contribution in [2.75, 3.05) is 0 Å². The van der Waals surface area contributed by atoms with Crippen LogP contribution in [0.5, 0.6) is 0 Å². The minimum Gasteiger partial charge on any atom is -0.468 e. The van der Waals surface area contributed by atoms with Gasteiger partial charge in [-0.3, -0.25) is 0 Å². The van der Waals surface area contributed by atoms with Crippen LogP contribution in [0.3, 0.4) is 0 Å². The van der Waals surface area contributed by atoms with Gasteiger partial charge in [0.25, 0.3) is 0 Å². The Morgan fingerprint density at radius 3 is 2.75 bits per heavy atom. The third kappa shape index (κ3) is 1.85. The van der Waals surface area contributed by atoms with Crippen molar-refractivity contribution in [1.29, 1.82) is 0 Å². The molecule has 1 atom stereocenters. The summed E-state index contributed by atoms with van der Waals surface area (Å²) < 4.78 is 16.8. The summed E-state index contributed by atoms with van der Waals surface area (Å²) in [5, 5.41) is 2.18. The second-order valence-corrected chi connectivity index (χ2v) is 7.36. The molecule has 0 aliphatic carbocycles. The first-order valence-corrected chi connectivity index (χ1v) is 8.69. The number of thioether (sulfide) groups is 1. The van der Waals surface area contributed by atoms with Gasteiger partial charge < -0.3 is 13.3 Å². The normalized spacial score (nSPS) is 17.0. The fraction of sp³-hybridized carbons (Fsp3) is 0.211. The number of rotatable bonds is 1. The van der Waals surface area contributed by atoms with E-state index in [1.807, 2.05) is 32.0 Å². The zero-order chi connectivity index (χ0) is 16.4. The Bertz CT molecular complexity index is 1150. The molecule has 0 amide bonds. The van der Waals surface area contributed by atoms with Gasteiger partial charge in [0.15, 0.2) is 0 Å². The van der Waals surface area contributed by atoms with E-state index in [-0.39, 0.29) is 10.9 Å². The molecule has 0 fully saturated rings. The minimum absolute atomic E-state index is 0.117. The molecule has 0 spiro atoms. The van der Waals surface area contributed by atoms with Gasteiger partial charge in [0, 0.05) is 16.8 Å². The zero-order valence-electron chi connectivity index (χ0n) is 13.2. The zero-order valence-corrected chi connectivity index (χ0v) is 14.0. The highest BCUT2D eigenvalue weighted by Crippen LogP contribution is 2.47. The van der Waals surface area contributed by atoms with Crippen LogP contribution < -0.4 is 5.63 Å². The van der Waals surface area contributed by atoms with Crippen LogP contribution in [0.2, 0.25) is 0 Å². The van der Waals surface area contributed by atoms with E-state index in [1.165, 1.54) is 11.8 Å². The van der Waals surface area contributed by atoms with Crippen LogP contribution in [0.1, 0.15) is 27.9 Å². The van der Waals surface area contributed by atoms with Gasteiger partial charge >= 0.3 is 5.63 Å². The van der Waals surface area contributed by atoms with E-state index in [0.29, 0.717) is 10.5 Å². The average molecular weight is 338 g/mol. The van der Waals surface area contributed by atoms with E-state index < -0.39 is 0 Å². The SMILES string of the molecule is Cc1oc2cc3oc(=O)c4c(c3cc2c1C)CC(c1ccco1)S4. The van der Waals surface area contributed by atoms with E-state index >= 15 is 0 Å². The van der Waals surface area contributed by atoms with Crippen molar-refractivity contribution in [3.05, 3.63) is 63.6 Å². The van der Waals surface area contributed by atoms with Gasteiger partial charge in [0.1, 0.15) is 22.7 Å². The monoisotopic (exact) mass is 338 g/mol. The summed E-state index contributed by atoms with van der Waals surface area (Å²) >= 11 is 1.53. The second kappa shape index (κ2) is 4.80. The molecule has 3 aromatic heterocycles. The fourth-order valence-corrected chi connectivity index (χ4v) is 4.66. The quantitative estimate of drug-likeness (QED) is 0.450. The highest BCUT2D eigenvalue weighted by Gasteiger charge is 2.31. The summed E-state index contributed by atoms with van der Waals surface area (Å²) in [5.41, 5.74) is 3.23. The molecule has 24 heavy (non-hydrogen) atoms. The van der Waals surface area contributed by atoms with Crippen molar-refractivity contribution in [1.82, 2.24) is 0 Å². The molecule has 4 nitrogen and oxygen atoms in total. The van der Waals surface area contributed by atoms with Crippen LogP contribution in [-0.2, 0) is 6.42 Å². The topological polar surface area (TPSA) is 56.5 Å².